The molecule has 0 saturated carbocycles. The minimum Gasteiger partial charge on any atom is -0.508 e. The predicted molar refractivity (Wildman–Crippen MR) is 93.3 cm³/mol. The van der Waals surface area contributed by atoms with Gasteiger partial charge in [0, 0.05) is 10.0 Å². The first-order chi connectivity index (χ1) is 11.5. The second-order valence-electron chi connectivity index (χ2n) is 5.46. The first kappa shape index (κ1) is 16.8. The van der Waals surface area contributed by atoms with E-state index in [0.29, 0.717) is 5.56 Å². The zero-order valence-electron chi connectivity index (χ0n) is 12.4. The number of amides is 2. The number of carbonyl (C=O) groups excluding carboxylic acids is 2. The second-order valence-corrected chi connectivity index (χ2v) is 6.84. The monoisotopic (exact) mass is 408 g/mol. The van der Waals surface area contributed by atoms with E-state index in [4.69, 9.17) is 11.6 Å². The Labute approximate surface area is 152 Å². The molecule has 2 amide bonds. The molecule has 0 unspecified atom stereocenters. The number of alkyl halides is 1. The smallest absolute Gasteiger partial charge is 0.262 e. The summed E-state index contributed by atoms with van der Waals surface area (Å²) in [6.45, 7) is 0. The van der Waals surface area contributed by atoms with Crippen molar-refractivity contribution in [2.75, 3.05) is 0 Å². The summed E-state index contributed by atoms with van der Waals surface area (Å²) in [5.41, 5.74) is 3.89. The van der Waals surface area contributed by atoms with Gasteiger partial charge in [-0.05, 0) is 23.8 Å². The Morgan fingerprint density at radius 2 is 1.96 bits per heavy atom. The van der Waals surface area contributed by atoms with Crippen LogP contribution in [0.15, 0.2) is 53.0 Å². The third kappa shape index (κ3) is 3.25. The molecule has 7 heteroatoms. The number of carbonyl (C=O) groups is 2. The van der Waals surface area contributed by atoms with Gasteiger partial charge in [-0.25, -0.2) is 5.01 Å². The fourth-order valence-electron chi connectivity index (χ4n) is 2.59. The van der Waals surface area contributed by atoms with Crippen LogP contribution in [-0.4, -0.2) is 27.3 Å². The number of hydrogen-bond donors (Lipinski definition) is 2. The van der Waals surface area contributed by atoms with Gasteiger partial charge in [0.15, 0.2) is 0 Å². The summed E-state index contributed by atoms with van der Waals surface area (Å²) in [5, 5.41) is 10.4. The highest BCUT2D eigenvalue weighted by molar-refractivity contribution is 9.10. The molecule has 0 radical (unpaired) electrons. The van der Waals surface area contributed by atoms with E-state index >= 15 is 0 Å². The molecule has 0 aliphatic carbocycles. The van der Waals surface area contributed by atoms with Gasteiger partial charge in [0.05, 0.1) is 6.42 Å². The number of benzene rings is 2. The van der Waals surface area contributed by atoms with Crippen LogP contribution in [0.3, 0.4) is 0 Å². The van der Waals surface area contributed by atoms with Crippen molar-refractivity contribution in [1.82, 2.24) is 10.4 Å². The Morgan fingerprint density at radius 3 is 2.67 bits per heavy atom. The molecular formula is C17H14BrClN2O3. The van der Waals surface area contributed by atoms with Gasteiger partial charge in [-0.15, -0.1) is 11.6 Å². The number of aromatic hydroxyl groups is 1. The lowest BCUT2D eigenvalue weighted by molar-refractivity contribution is -0.156. The number of halogens is 2. The van der Waals surface area contributed by atoms with Crippen molar-refractivity contribution in [1.29, 1.82) is 0 Å². The molecule has 1 aliphatic heterocycles. The standard InChI is InChI=1S/C17H14BrClN2O3/c18-11-6-7-13(22)12(9-11)16-15(19)17(24)21(16)20-14(23)8-10-4-2-1-3-5-10/h1-7,9,15-16,22H,8H2,(H,20,23)/t15-,16-/m1/s1. The highest BCUT2D eigenvalue weighted by Gasteiger charge is 2.49. The van der Waals surface area contributed by atoms with E-state index in [2.05, 4.69) is 21.4 Å². The molecule has 24 heavy (non-hydrogen) atoms. The maximum Gasteiger partial charge on any atom is 0.262 e. The molecule has 2 atom stereocenters. The molecule has 2 aromatic carbocycles. The topological polar surface area (TPSA) is 69.6 Å². The summed E-state index contributed by atoms with van der Waals surface area (Å²) in [6, 6.07) is 13.5. The fourth-order valence-corrected chi connectivity index (χ4v) is 3.32. The summed E-state index contributed by atoms with van der Waals surface area (Å²) < 4.78 is 0.745. The van der Waals surface area contributed by atoms with Gasteiger partial charge in [0.25, 0.3) is 5.91 Å². The summed E-state index contributed by atoms with van der Waals surface area (Å²) in [6.07, 6.45) is 0.148. The van der Waals surface area contributed by atoms with Crippen molar-refractivity contribution in [3.63, 3.8) is 0 Å². The van der Waals surface area contributed by atoms with E-state index in [9.17, 15) is 14.7 Å². The number of nitrogens with zero attached hydrogens (tertiary/aromatic N) is 1. The highest BCUT2D eigenvalue weighted by atomic mass is 79.9. The Hall–Kier alpha value is -2.05. The molecule has 1 saturated heterocycles. The van der Waals surface area contributed by atoms with Gasteiger partial charge < -0.3 is 5.11 Å². The minimum atomic E-state index is -0.831. The quantitative estimate of drug-likeness (QED) is 0.602. The maximum absolute atomic E-state index is 12.2. The van der Waals surface area contributed by atoms with Gasteiger partial charge >= 0.3 is 0 Å². The van der Waals surface area contributed by atoms with Crippen LogP contribution >= 0.6 is 27.5 Å². The first-order valence-electron chi connectivity index (χ1n) is 7.26. The van der Waals surface area contributed by atoms with Crippen LogP contribution < -0.4 is 5.43 Å². The molecular weight excluding hydrogens is 396 g/mol. The van der Waals surface area contributed by atoms with E-state index in [1.54, 1.807) is 12.1 Å². The van der Waals surface area contributed by atoms with Crippen molar-refractivity contribution < 1.29 is 14.7 Å². The number of phenols is 1. The molecule has 1 fully saturated rings. The number of phenolic OH excluding ortho intramolecular Hbond substituents is 1. The maximum atomic E-state index is 12.2. The zero-order chi connectivity index (χ0) is 17.3. The Morgan fingerprint density at radius 1 is 1.25 bits per heavy atom. The van der Waals surface area contributed by atoms with Gasteiger partial charge in [-0.3, -0.25) is 15.0 Å². The molecule has 0 aromatic heterocycles. The van der Waals surface area contributed by atoms with Crippen LogP contribution in [0.4, 0.5) is 0 Å². The molecule has 2 N–H and O–H groups in total. The lowest BCUT2D eigenvalue weighted by atomic mass is 9.94. The van der Waals surface area contributed by atoms with E-state index in [1.165, 1.54) is 11.1 Å². The Balaban J connectivity index is 1.75. The van der Waals surface area contributed by atoms with E-state index in [0.717, 1.165) is 10.0 Å². The molecule has 1 aliphatic rings. The van der Waals surface area contributed by atoms with Crippen LogP contribution in [0.1, 0.15) is 17.2 Å². The van der Waals surface area contributed by atoms with E-state index in [-0.39, 0.29) is 18.1 Å². The third-order valence-electron chi connectivity index (χ3n) is 3.79. The lowest BCUT2D eigenvalue weighted by Crippen LogP contribution is -2.63. The van der Waals surface area contributed by atoms with E-state index in [1.807, 2.05) is 30.3 Å². The summed E-state index contributed by atoms with van der Waals surface area (Å²) in [5.74, 6) is -0.705. The van der Waals surface area contributed by atoms with Crippen molar-refractivity contribution in [3.8, 4) is 5.75 Å². The number of nitrogens with one attached hydrogen (secondary N) is 1. The summed E-state index contributed by atoms with van der Waals surface area (Å²) in [4.78, 5) is 24.2. The Bertz CT molecular complexity index is 785. The Kier molecular flexibility index (Phi) is 4.78. The molecule has 3 rings (SSSR count). The molecule has 124 valence electrons. The van der Waals surface area contributed by atoms with Gasteiger partial charge in [-0.1, -0.05) is 46.3 Å². The van der Waals surface area contributed by atoms with E-state index < -0.39 is 17.3 Å². The highest BCUT2D eigenvalue weighted by Crippen LogP contribution is 2.41. The van der Waals surface area contributed by atoms with Gasteiger partial charge in [0.2, 0.25) is 5.91 Å². The summed E-state index contributed by atoms with van der Waals surface area (Å²) in [7, 11) is 0. The fraction of sp³-hybridized carbons (Fsp3) is 0.176. The zero-order valence-corrected chi connectivity index (χ0v) is 14.8. The largest absolute Gasteiger partial charge is 0.508 e. The molecule has 1 heterocycles. The molecule has 0 spiro atoms. The van der Waals surface area contributed by atoms with Crippen LogP contribution in [0.25, 0.3) is 0 Å². The van der Waals surface area contributed by atoms with Crippen molar-refractivity contribution in [2.24, 2.45) is 0 Å². The first-order valence-corrected chi connectivity index (χ1v) is 8.49. The number of β-lactam (4-membered cyclic amide) rings is 1. The molecule has 2 aromatic rings. The normalized spacial score (nSPS) is 19.8. The minimum absolute atomic E-state index is 0.0173. The molecule has 0 bridgehead atoms. The second kappa shape index (κ2) is 6.83. The third-order valence-corrected chi connectivity index (χ3v) is 4.71. The van der Waals surface area contributed by atoms with Gasteiger partial charge in [0.1, 0.15) is 17.2 Å². The van der Waals surface area contributed by atoms with Crippen molar-refractivity contribution >= 4 is 39.3 Å². The lowest BCUT2D eigenvalue weighted by Gasteiger charge is -2.44. The van der Waals surface area contributed by atoms with Crippen LogP contribution in [0.5, 0.6) is 5.75 Å². The summed E-state index contributed by atoms with van der Waals surface area (Å²) >= 11 is 9.42. The van der Waals surface area contributed by atoms with Crippen molar-refractivity contribution in [3.05, 3.63) is 64.1 Å². The average molecular weight is 410 g/mol. The number of hydrazine groups is 1. The van der Waals surface area contributed by atoms with Crippen molar-refractivity contribution in [2.45, 2.75) is 17.8 Å². The SMILES string of the molecule is O=C(Cc1ccccc1)NN1C(=O)[C@H](Cl)[C@H]1c1cc(Br)ccc1O. The average Bonchev–Trinajstić information content (AvgIpc) is 2.58. The predicted octanol–water partition coefficient (Wildman–Crippen LogP) is 2.92. The molecule has 5 nitrogen and oxygen atoms in total. The van der Waals surface area contributed by atoms with Gasteiger partial charge in [-0.2, -0.15) is 0 Å². The van der Waals surface area contributed by atoms with Crippen LogP contribution in [0, 0.1) is 0 Å². The number of hydrogen-bond acceptors (Lipinski definition) is 3. The van der Waals surface area contributed by atoms with Crippen LogP contribution in [-0.2, 0) is 16.0 Å². The number of rotatable bonds is 4. The van der Waals surface area contributed by atoms with Crippen LogP contribution in [0.2, 0.25) is 0 Å².